The summed E-state index contributed by atoms with van der Waals surface area (Å²) in [6.07, 6.45) is 1.53. The SMILES string of the molecule is CCOC(=O)c1[nH]ncc1-c1ccc(Cl)cc1Cl. The van der Waals surface area contributed by atoms with Crippen molar-refractivity contribution in [1.82, 2.24) is 10.2 Å². The van der Waals surface area contributed by atoms with Crippen molar-refractivity contribution in [2.75, 3.05) is 6.61 Å². The number of halogens is 2. The molecule has 94 valence electrons. The van der Waals surface area contributed by atoms with Gasteiger partial charge in [0.2, 0.25) is 0 Å². The molecule has 1 N–H and O–H groups in total. The average molecular weight is 285 g/mol. The number of nitrogens with one attached hydrogen (secondary N) is 1. The van der Waals surface area contributed by atoms with E-state index in [-0.39, 0.29) is 5.69 Å². The van der Waals surface area contributed by atoms with E-state index in [9.17, 15) is 4.79 Å². The van der Waals surface area contributed by atoms with Crippen LogP contribution in [-0.2, 0) is 4.74 Å². The number of hydrogen-bond donors (Lipinski definition) is 1. The zero-order valence-corrected chi connectivity index (χ0v) is 11.0. The molecular formula is C12H10Cl2N2O2. The molecule has 0 radical (unpaired) electrons. The molecule has 0 atom stereocenters. The van der Waals surface area contributed by atoms with Crippen molar-refractivity contribution in [3.8, 4) is 11.1 Å². The molecule has 2 aromatic rings. The maximum atomic E-state index is 11.7. The Morgan fingerprint density at radius 3 is 2.83 bits per heavy atom. The van der Waals surface area contributed by atoms with Crippen molar-refractivity contribution in [3.63, 3.8) is 0 Å². The molecule has 2 rings (SSSR count). The number of aromatic amines is 1. The van der Waals surface area contributed by atoms with Crippen molar-refractivity contribution >= 4 is 29.2 Å². The first-order valence-corrected chi connectivity index (χ1v) is 6.05. The highest BCUT2D eigenvalue weighted by Crippen LogP contribution is 2.31. The van der Waals surface area contributed by atoms with E-state index in [0.717, 1.165) is 0 Å². The molecule has 1 aromatic heterocycles. The Bertz CT molecular complexity index is 581. The maximum absolute atomic E-state index is 11.7. The fraction of sp³-hybridized carbons (Fsp3) is 0.167. The van der Waals surface area contributed by atoms with E-state index >= 15 is 0 Å². The molecule has 6 heteroatoms. The van der Waals surface area contributed by atoms with Crippen LogP contribution in [0.3, 0.4) is 0 Å². The van der Waals surface area contributed by atoms with E-state index in [0.29, 0.717) is 27.8 Å². The lowest BCUT2D eigenvalue weighted by Gasteiger charge is -2.05. The first-order chi connectivity index (χ1) is 8.63. The van der Waals surface area contributed by atoms with Gasteiger partial charge in [0.1, 0.15) is 0 Å². The molecule has 1 heterocycles. The fourth-order valence-corrected chi connectivity index (χ4v) is 2.07. The molecule has 0 amide bonds. The summed E-state index contributed by atoms with van der Waals surface area (Å²) in [7, 11) is 0. The number of benzene rings is 1. The predicted octanol–water partition coefficient (Wildman–Crippen LogP) is 3.56. The minimum atomic E-state index is -0.462. The van der Waals surface area contributed by atoms with Crippen molar-refractivity contribution in [2.24, 2.45) is 0 Å². The van der Waals surface area contributed by atoms with Crippen LogP contribution < -0.4 is 0 Å². The van der Waals surface area contributed by atoms with Gasteiger partial charge in [-0.05, 0) is 19.1 Å². The summed E-state index contributed by atoms with van der Waals surface area (Å²) in [5.41, 5.74) is 1.55. The summed E-state index contributed by atoms with van der Waals surface area (Å²) in [6.45, 7) is 2.04. The molecule has 0 spiro atoms. The Morgan fingerprint density at radius 2 is 2.17 bits per heavy atom. The van der Waals surface area contributed by atoms with Gasteiger partial charge in [-0.25, -0.2) is 4.79 Å². The van der Waals surface area contributed by atoms with Gasteiger partial charge in [0.25, 0.3) is 0 Å². The van der Waals surface area contributed by atoms with Gasteiger partial charge in [-0.2, -0.15) is 5.10 Å². The summed E-state index contributed by atoms with van der Waals surface area (Å²) in [6, 6.07) is 5.04. The molecule has 0 saturated carbocycles. The van der Waals surface area contributed by atoms with Crippen LogP contribution in [0.15, 0.2) is 24.4 Å². The van der Waals surface area contributed by atoms with E-state index < -0.39 is 5.97 Å². The summed E-state index contributed by atoms with van der Waals surface area (Å²) < 4.78 is 4.93. The number of rotatable bonds is 3. The van der Waals surface area contributed by atoms with Crippen molar-refractivity contribution in [3.05, 3.63) is 40.1 Å². The Labute approximate surface area is 114 Å². The second-order valence-electron chi connectivity index (χ2n) is 3.50. The fourth-order valence-electron chi connectivity index (χ4n) is 1.56. The first-order valence-electron chi connectivity index (χ1n) is 5.29. The van der Waals surface area contributed by atoms with E-state index in [1.54, 1.807) is 25.1 Å². The number of carbonyl (C=O) groups excluding carboxylic acids is 1. The molecule has 0 aliphatic carbocycles. The molecule has 0 aliphatic heterocycles. The zero-order valence-electron chi connectivity index (χ0n) is 9.54. The number of aromatic nitrogens is 2. The Kier molecular flexibility index (Phi) is 3.89. The van der Waals surface area contributed by atoms with Gasteiger partial charge in [0.05, 0.1) is 17.8 Å². The summed E-state index contributed by atoms with van der Waals surface area (Å²) in [5, 5.41) is 7.45. The summed E-state index contributed by atoms with van der Waals surface area (Å²) >= 11 is 11.9. The minimum Gasteiger partial charge on any atom is -0.461 e. The smallest absolute Gasteiger partial charge is 0.356 e. The third-order valence-corrected chi connectivity index (χ3v) is 2.89. The number of hydrogen-bond acceptors (Lipinski definition) is 3. The van der Waals surface area contributed by atoms with Gasteiger partial charge in [0.15, 0.2) is 5.69 Å². The van der Waals surface area contributed by atoms with Crippen molar-refractivity contribution in [2.45, 2.75) is 6.92 Å². The number of H-pyrrole nitrogens is 1. The highest BCUT2D eigenvalue weighted by atomic mass is 35.5. The molecule has 0 aliphatic rings. The summed E-state index contributed by atoms with van der Waals surface area (Å²) in [5.74, 6) is -0.462. The van der Waals surface area contributed by atoms with Crippen LogP contribution in [0.4, 0.5) is 0 Å². The van der Waals surface area contributed by atoms with Gasteiger partial charge in [-0.1, -0.05) is 29.3 Å². The number of esters is 1. The Hall–Kier alpha value is -1.52. The van der Waals surface area contributed by atoms with Crippen LogP contribution in [0.1, 0.15) is 17.4 Å². The van der Waals surface area contributed by atoms with Crippen LogP contribution in [-0.4, -0.2) is 22.8 Å². The second kappa shape index (κ2) is 5.42. The van der Waals surface area contributed by atoms with Crippen LogP contribution in [0.5, 0.6) is 0 Å². The standard InChI is InChI=1S/C12H10Cl2N2O2/c1-2-18-12(17)11-9(6-15-16-11)8-4-3-7(13)5-10(8)14/h3-6H,2H2,1H3,(H,15,16). The number of nitrogens with zero attached hydrogens (tertiary/aromatic N) is 1. The van der Waals surface area contributed by atoms with E-state index in [2.05, 4.69) is 10.2 Å². The molecule has 0 saturated heterocycles. The largest absolute Gasteiger partial charge is 0.461 e. The van der Waals surface area contributed by atoms with Crippen LogP contribution in [0.2, 0.25) is 10.0 Å². The lowest BCUT2D eigenvalue weighted by molar-refractivity contribution is 0.0520. The van der Waals surface area contributed by atoms with Crippen molar-refractivity contribution < 1.29 is 9.53 Å². The van der Waals surface area contributed by atoms with Gasteiger partial charge in [0, 0.05) is 16.1 Å². The van der Waals surface area contributed by atoms with Gasteiger partial charge in [-0.3, -0.25) is 5.10 Å². The zero-order chi connectivity index (χ0) is 13.1. The highest BCUT2D eigenvalue weighted by Gasteiger charge is 2.18. The molecular weight excluding hydrogens is 275 g/mol. The average Bonchev–Trinajstić information content (AvgIpc) is 2.78. The number of ether oxygens (including phenoxy) is 1. The monoisotopic (exact) mass is 284 g/mol. The second-order valence-corrected chi connectivity index (χ2v) is 4.35. The maximum Gasteiger partial charge on any atom is 0.356 e. The lowest BCUT2D eigenvalue weighted by atomic mass is 10.1. The Morgan fingerprint density at radius 1 is 1.39 bits per heavy atom. The van der Waals surface area contributed by atoms with Crippen LogP contribution in [0.25, 0.3) is 11.1 Å². The van der Waals surface area contributed by atoms with E-state index in [1.807, 2.05) is 0 Å². The third-order valence-electron chi connectivity index (χ3n) is 2.34. The normalized spacial score (nSPS) is 10.4. The first kappa shape index (κ1) is 12.9. The van der Waals surface area contributed by atoms with Crippen LogP contribution >= 0.6 is 23.2 Å². The Balaban J connectivity index is 2.45. The number of carbonyl (C=O) groups is 1. The van der Waals surface area contributed by atoms with Gasteiger partial charge in [-0.15, -0.1) is 0 Å². The van der Waals surface area contributed by atoms with Gasteiger partial charge >= 0.3 is 5.97 Å². The highest BCUT2D eigenvalue weighted by molar-refractivity contribution is 6.36. The predicted molar refractivity (Wildman–Crippen MR) is 70.0 cm³/mol. The van der Waals surface area contributed by atoms with E-state index in [4.69, 9.17) is 27.9 Å². The molecule has 0 fully saturated rings. The van der Waals surface area contributed by atoms with Crippen molar-refractivity contribution in [1.29, 1.82) is 0 Å². The summed E-state index contributed by atoms with van der Waals surface area (Å²) in [4.78, 5) is 11.7. The topological polar surface area (TPSA) is 55.0 Å². The third kappa shape index (κ3) is 2.49. The molecule has 18 heavy (non-hydrogen) atoms. The lowest BCUT2D eigenvalue weighted by Crippen LogP contribution is -2.06. The quantitative estimate of drug-likeness (QED) is 0.877. The molecule has 4 nitrogen and oxygen atoms in total. The van der Waals surface area contributed by atoms with Gasteiger partial charge < -0.3 is 4.74 Å². The molecule has 0 bridgehead atoms. The molecule has 0 unspecified atom stereocenters. The van der Waals surface area contributed by atoms with E-state index in [1.165, 1.54) is 6.20 Å². The molecule has 1 aromatic carbocycles. The minimum absolute atomic E-state index is 0.279. The van der Waals surface area contributed by atoms with Crippen LogP contribution in [0, 0.1) is 0 Å².